The van der Waals surface area contributed by atoms with Gasteiger partial charge in [-0.15, -0.1) is 5.10 Å². The average molecular weight is 234 g/mol. The van der Waals surface area contributed by atoms with Crippen molar-refractivity contribution in [2.45, 2.75) is 17.1 Å². The molecule has 16 heavy (non-hydrogen) atoms. The van der Waals surface area contributed by atoms with Crippen molar-refractivity contribution in [1.82, 2.24) is 20.2 Å². The molecule has 0 aliphatic rings. The Morgan fingerprint density at radius 1 is 1.50 bits per heavy atom. The second-order valence-corrected chi connectivity index (χ2v) is 4.09. The van der Waals surface area contributed by atoms with Crippen molar-refractivity contribution in [3.8, 4) is 0 Å². The zero-order valence-corrected chi connectivity index (χ0v) is 9.38. The van der Waals surface area contributed by atoms with Crippen LogP contribution in [0.25, 0.3) is 0 Å². The lowest BCUT2D eigenvalue weighted by atomic mass is 10.3. The van der Waals surface area contributed by atoms with Gasteiger partial charge >= 0.3 is 0 Å². The van der Waals surface area contributed by atoms with E-state index in [1.54, 1.807) is 18.3 Å². The van der Waals surface area contributed by atoms with Crippen LogP contribution in [0.2, 0.25) is 0 Å². The SMILES string of the molecule is Cc1nc(Sc2ccc(C(=N)N)cn2)n[nH]1. The summed E-state index contributed by atoms with van der Waals surface area (Å²) in [6, 6.07) is 3.53. The number of hydrogen-bond acceptors (Lipinski definition) is 5. The molecule has 0 fully saturated rings. The van der Waals surface area contributed by atoms with Crippen molar-refractivity contribution in [3.05, 3.63) is 29.7 Å². The fraction of sp³-hybridized carbons (Fsp3) is 0.111. The molecule has 7 heteroatoms. The monoisotopic (exact) mass is 234 g/mol. The summed E-state index contributed by atoms with van der Waals surface area (Å²) in [7, 11) is 0. The van der Waals surface area contributed by atoms with Crippen LogP contribution >= 0.6 is 11.8 Å². The second kappa shape index (κ2) is 4.31. The molecule has 2 aromatic rings. The number of amidine groups is 1. The first-order chi connectivity index (χ1) is 7.65. The molecular weight excluding hydrogens is 224 g/mol. The number of nitrogen functional groups attached to an aromatic ring is 1. The summed E-state index contributed by atoms with van der Waals surface area (Å²) in [5, 5.41) is 15.4. The zero-order valence-electron chi connectivity index (χ0n) is 8.56. The van der Waals surface area contributed by atoms with Crippen LogP contribution in [0.5, 0.6) is 0 Å². The van der Waals surface area contributed by atoms with Gasteiger partial charge in [0, 0.05) is 11.8 Å². The van der Waals surface area contributed by atoms with Gasteiger partial charge in [0.15, 0.2) is 0 Å². The van der Waals surface area contributed by atoms with Gasteiger partial charge in [-0.25, -0.2) is 9.97 Å². The van der Waals surface area contributed by atoms with Crippen molar-refractivity contribution < 1.29 is 0 Å². The molecule has 2 heterocycles. The smallest absolute Gasteiger partial charge is 0.214 e. The summed E-state index contributed by atoms with van der Waals surface area (Å²) in [4.78, 5) is 8.31. The summed E-state index contributed by atoms with van der Waals surface area (Å²) in [6.45, 7) is 1.84. The van der Waals surface area contributed by atoms with Gasteiger partial charge in [0.2, 0.25) is 5.16 Å². The summed E-state index contributed by atoms with van der Waals surface area (Å²) in [5.74, 6) is 0.778. The maximum absolute atomic E-state index is 7.23. The standard InChI is InChI=1S/C9H10N6S/c1-5-13-9(15-14-5)16-7-3-2-6(4-12-7)8(10)11/h2-4H,1H3,(H3,10,11)(H,13,14,15). The van der Waals surface area contributed by atoms with Crippen LogP contribution in [0.1, 0.15) is 11.4 Å². The summed E-state index contributed by atoms with van der Waals surface area (Å²) < 4.78 is 0. The Balaban J connectivity index is 2.14. The van der Waals surface area contributed by atoms with Gasteiger partial charge in [0.25, 0.3) is 0 Å². The first kappa shape index (κ1) is 10.6. The van der Waals surface area contributed by atoms with Gasteiger partial charge in [-0.1, -0.05) is 0 Å². The molecule has 0 bridgehead atoms. The van der Waals surface area contributed by atoms with E-state index in [1.165, 1.54) is 11.8 Å². The van der Waals surface area contributed by atoms with Crippen LogP contribution in [0.4, 0.5) is 0 Å². The molecule has 4 N–H and O–H groups in total. The average Bonchev–Trinajstić information content (AvgIpc) is 2.65. The van der Waals surface area contributed by atoms with Crippen molar-refractivity contribution in [1.29, 1.82) is 5.41 Å². The molecule has 0 amide bonds. The number of nitrogens with one attached hydrogen (secondary N) is 2. The first-order valence-electron chi connectivity index (χ1n) is 4.52. The summed E-state index contributed by atoms with van der Waals surface area (Å²) in [6.07, 6.45) is 1.56. The molecule has 0 aliphatic carbocycles. The minimum absolute atomic E-state index is 0.0118. The number of aromatic amines is 1. The Labute approximate surface area is 96.2 Å². The van der Waals surface area contributed by atoms with Gasteiger partial charge in [-0.05, 0) is 30.8 Å². The van der Waals surface area contributed by atoms with Crippen LogP contribution in [-0.4, -0.2) is 26.0 Å². The number of aryl methyl sites for hydroxylation is 1. The summed E-state index contributed by atoms with van der Waals surface area (Å²) >= 11 is 1.35. The highest BCUT2D eigenvalue weighted by atomic mass is 32.2. The minimum Gasteiger partial charge on any atom is -0.384 e. The molecule has 2 aromatic heterocycles. The van der Waals surface area contributed by atoms with E-state index >= 15 is 0 Å². The molecule has 0 radical (unpaired) electrons. The topological polar surface area (TPSA) is 104 Å². The quantitative estimate of drug-likeness (QED) is 0.541. The maximum Gasteiger partial charge on any atom is 0.214 e. The maximum atomic E-state index is 7.23. The second-order valence-electron chi connectivity index (χ2n) is 3.10. The third-order valence-corrected chi connectivity index (χ3v) is 2.64. The number of pyridine rings is 1. The lowest BCUT2D eigenvalue weighted by molar-refractivity contribution is 0.964. The lowest BCUT2D eigenvalue weighted by Crippen LogP contribution is -2.10. The van der Waals surface area contributed by atoms with Crippen molar-refractivity contribution in [2.75, 3.05) is 0 Å². The molecule has 82 valence electrons. The predicted octanol–water partition coefficient (Wildman–Crippen LogP) is 0.943. The van der Waals surface area contributed by atoms with Crippen molar-refractivity contribution in [3.63, 3.8) is 0 Å². The van der Waals surface area contributed by atoms with E-state index in [4.69, 9.17) is 11.1 Å². The van der Waals surface area contributed by atoms with E-state index in [0.717, 1.165) is 10.9 Å². The van der Waals surface area contributed by atoms with Gasteiger partial charge in [-0.2, -0.15) is 0 Å². The lowest BCUT2D eigenvalue weighted by Gasteiger charge is -1.98. The molecule has 6 nitrogen and oxygen atoms in total. The molecule has 0 aliphatic heterocycles. The number of hydrogen-bond donors (Lipinski definition) is 3. The summed E-state index contributed by atoms with van der Waals surface area (Å²) in [5.41, 5.74) is 5.93. The zero-order chi connectivity index (χ0) is 11.5. The molecule has 0 spiro atoms. The van der Waals surface area contributed by atoms with Crippen LogP contribution in [0.15, 0.2) is 28.5 Å². The number of rotatable bonds is 3. The fourth-order valence-electron chi connectivity index (χ4n) is 1.06. The predicted molar refractivity (Wildman–Crippen MR) is 60.5 cm³/mol. The number of nitrogens with two attached hydrogens (primary N) is 1. The van der Waals surface area contributed by atoms with Crippen LogP contribution in [0, 0.1) is 12.3 Å². The van der Waals surface area contributed by atoms with E-state index in [9.17, 15) is 0 Å². The Morgan fingerprint density at radius 3 is 2.81 bits per heavy atom. The van der Waals surface area contributed by atoms with Gasteiger partial charge in [0.05, 0.1) is 0 Å². The Kier molecular flexibility index (Phi) is 2.86. The molecule has 0 saturated carbocycles. The van der Waals surface area contributed by atoms with Crippen LogP contribution in [-0.2, 0) is 0 Å². The minimum atomic E-state index is 0.0118. The number of H-pyrrole nitrogens is 1. The van der Waals surface area contributed by atoms with Gasteiger partial charge < -0.3 is 5.73 Å². The highest BCUT2D eigenvalue weighted by Crippen LogP contribution is 2.21. The molecule has 0 saturated heterocycles. The van der Waals surface area contributed by atoms with Crippen molar-refractivity contribution >= 4 is 17.6 Å². The van der Waals surface area contributed by atoms with Crippen molar-refractivity contribution in [2.24, 2.45) is 5.73 Å². The molecule has 0 unspecified atom stereocenters. The van der Waals surface area contributed by atoms with Crippen LogP contribution in [0.3, 0.4) is 0 Å². The fourth-order valence-corrected chi connectivity index (χ4v) is 1.76. The molecule has 2 rings (SSSR count). The third kappa shape index (κ3) is 2.37. The Hall–Kier alpha value is -1.89. The van der Waals surface area contributed by atoms with Gasteiger partial charge in [-0.3, -0.25) is 10.5 Å². The van der Waals surface area contributed by atoms with E-state index in [2.05, 4.69) is 20.2 Å². The first-order valence-corrected chi connectivity index (χ1v) is 5.34. The molecule has 0 aromatic carbocycles. The van der Waals surface area contributed by atoms with Crippen LogP contribution < -0.4 is 5.73 Å². The third-order valence-electron chi connectivity index (χ3n) is 1.82. The highest BCUT2D eigenvalue weighted by Gasteiger charge is 2.04. The Bertz CT molecular complexity index is 503. The highest BCUT2D eigenvalue weighted by molar-refractivity contribution is 7.99. The Morgan fingerprint density at radius 2 is 2.31 bits per heavy atom. The van der Waals surface area contributed by atoms with Gasteiger partial charge in [0.1, 0.15) is 16.7 Å². The normalized spacial score (nSPS) is 10.3. The molecular formula is C9H10N6S. The molecule has 0 atom stereocenters. The van der Waals surface area contributed by atoms with E-state index < -0.39 is 0 Å². The largest absolute Gasteiger partial charge is 0.384 e. The van der Waals surface area contributed by atoms with E-state index in [0.29, 0.717) is 10.7 Å². The number of aromatic nitrogens is 4. The van der Waals surface area contributed by atoms with E-state index in [1.807, 2.05) is 6.92 Å². The number of nitrogens with zero attached hydrogens (tertiary/aromatic N) is 3. The van der Waals surface area contributed by atoms with E-state index in [-0.39, 0.29) is 5.84 Å².